The lowest BCUT2D eigenvalue weighted by atomic mass is 9.90. The van der Waals surface area contributed by atoms with Crippen molar-refractivity contribution in [3.8, 4) is 0 Å². The maximum absolute atomic E-state index is 12.9. The van der Waals surface area contributed by atoms with E-state index in [0.29, 0.717) is 19.1 Å². The molecule has 0 radical (unpaired) electrons. The minimum Gasteiger partial charge on any atom is -0.393 e. The highest BCUT2D eigenvalue weighted by Crippen LogP contribution is 2.30. The number of hydrogen-bond donors (Lipinski definition) is 2. The number of nitrogens with zero attached hydrogens (tertiary/aromatic N) is 2. The Labute approximate surface area is 186 Å². The van der Waals surface area contributed by atoms with E-state index < -0.39 is 17.6 Å². The van der Waals surface area contributed by atoms with Gasteiger partial charge in [-0.05, 0) is 63.3 Å². The molecule has 178 valence electrons. The second-order valence-corrected chi connectivity index (χ2v) is 8.69. The van der Waals surface area contributed by atoms with Crippen molar-refractivity contribution < 1.29 is 27.9 Å². The summed E-state index contributed by atoms with van der Waals surface area (Å²) < 4.78 is 38.6. The highest BCUT2D eigenvalue weighted by Gasteiger charge is 2.33. The second kappa shape index (κ2) is 10.7. The Balaban J connectivity index is 1.54. The molecule has 1 aromatic carbocycles. The van der Waals surface area contributed by atoms with E-state index in [1.807, 2.05) is 0 Å². The molecule has 9 heteroatoms. The van der Waals surface area contributed by atoms with E-state index >= 15 is 0 Å². The third-order valence-corrected chi connectivity index (χ3v) is 6.57. The SMILES string of the molecule is CCN(C1CCC(O)CC1)C1CCCN(C(=O)CNC(=O)c2cccc(C(F)(F)F)c2)C1. The fourth-order valence-corrected chi connectivity index (χ4v) is 4.86. The number of piperidine rings is 1. The van der Waals surface area contributed by atoms with Crippen LogP contribution in [-0.2, 0) is 11.0 Å². The normalized spacial score (nSPS) is 24.4. The van der Waals surface area contributed by atoms with E-state index in [1.165, 1.54) is 12.1 Å². The largest absolute Gasteiger partial charge is 0.416 e. The first kappa shape index (κ1) is 24.5. The molecule has 2 amide bonds. The molecular weight excluding hydrogens is 423 g/mol. The summed E-state index contributed by atoms with van der Waals surface area (Å²) in [7, 11) is 0. The monoisotopic (exact) mass is 455 g/mol. The molecule has 32 heavy (non-hydrogen) atoms. The van der Waals surface area contributed by atoms with E-state index in [0.717, 1.165) is 57.2 Å². The summed E-state index contributed by atoms with van der Waals surface area (Å²) in [5, 5.41) is 12.2. The molecule has 2 aliphatic rings. The van der Waals surface area contributed by atoms with Crippen LogP contribution in [0.5, 0.6) is 0 Å². The first-order valence-electron chi connectivity index (χ1n) is 11.4. The molecule has 1 atom stereocenters. The first-order chi connectivity index (χ1) is 15.2. The van der Waals surface area contributed by atoms with E-state index in [-0.39, 0.29) is 30.2 Å². The number of amides is 2. The average molecular weight is 456 g/mol. The van der Waals surface area contributed by atoms with Gasteiger partial charge in [-0.15, -0.1) is 0 Å². The van der Waals surface area contributed by atoms with Gasteiger partial charge in [0.1, 0.15) is 0 Å². The number of hydrogen-bond acceptors (Lipinski definition) is 4. The molecule has 1 aliphatic carbocycles. The van der Waals surface area contributed by atoms with Gasteiger partial charge in [0, 0.05) is 30.7 Å². The zero-order valence-electron chi connectivity index (χ0n) is 18.4. The van der Waals surface area contributed by atoms with Crippen molar-refractivity contribution in [2.45, 2.75) is 69.8 Å². The van der Waals surface area contributed by atoms with E-state index in [1.54, 1.807) is 4.90 Å². The summed E-state index contributed by atoms with van der Waals surface area (Å²) in [5.74, 6) is -0.931. The zero-order chi connectivity index (χ0) is 23.3. The predicted octanol–water partition coefficient (Wildman–Crippen LogP) is 3.05. The highest BCUT2D eigenvalue weighted by atomic mass is 19.4. The second-order valence-electron chi connectivity index (χ2n) is 8.69. The molecule has 0 aromatic heterocycles. The van der Waals surface area contributed by atoms with Crippen molar-refractivity contribution in [2.24, 2.45) is 0 Å². The number of carbonyl (C=O) groups is 2. The van der Waals surface area contributed by atoms with Gasteiger partial charge < -0.3 is 15.3 Å². The van der Waals surface area contributed by atoms with Crippen LogP contribution in [0, 0.1) is 0 Å². The number of likely N-dealkylation sites (tertiary alicyclic amines) is 1. The van der Waals surface area contributed by atoms with Gasteiger partial charge in [-0.3, -0.25) is 14.5 Å². The third kappa shape index (κ3) is 6.22. The number of benzene rings is 1. The molecule has 2 fully saturated rings. The van der Waals surface area contributed by atoms with Crippen molar-refractivity contribution in [3.05, 3.63) is 35.4 Å². The maximum Gasteiger partial charge on any atom is 0.416 e. The standard InChI is InChI=1S/C23H32F3N3O3/c1-2-29(18-8-10-20(30)11-9-18)19-7-4-12-28(15-19)21(31)14-27-22(32)16-5-3-6-17(13-16)23(24,25)26/h3,5-6,13,18-20,30H,2,4,7-12,14-15H2,1H3,(H,27,32). The van der Waals surface area contributed by atoms with Gasteiger partial charge in [-0.2, -0.15) is 13.2 Å². The minimum absolute atomic E-state index is 0.124. The molecule has 1 aliphatic heterocycles. The van der Waals surface area contributed by atoms with Crippen LogP contribution in [-0.4, -0.2) is 71.1 Å². The Bertz CT molecular complexity index is 794. The third-order valence-electron chi connectivity index (χ3n) is 6.57. The first-order valence-corrected chi connectivity index (χ1v) is 11.4. The van der Waals surface area contributed by atoms with Gasteiger partial charge in [0.05, 0.1) is 18.2 Å². The number of likely N-dealkylation sites (N-methyl/N-ethyl adjacent to an activating group) is 1. The molecule has 1 aromatic rings. The summed E-state index contributed by atoms with van der Waals surface area (Å²) in [6.45, 7) is 3.92. The molecule has 1 saturated heterocycles. The minimum atomic E-state index is -4.53. The Morgan fingerprint density at radius 1 is 1.16 bits per heavy atom. The van der Waals surface area contributed by atoms with Crippen molar-refractivity contribution in [2.75, 3.05) is 26.2 Å². The number of aliphatic hydroxyl groups excluding tert-OH is 1. The molecule has 1 saturated carbocycles. The van der Waals surface area contributed by atoms with Crippen LogP contribution in [0.15, 0.2) is 24.3 Å². The summed E-state index contributed by atoms with van der Waals surface area (Å²) in [6.07, 6.45) is 0.623. The maximum atomic E-state index is 12.9. The number of rotatable bonds is 6. The topological polar surface area (TPSA) is 72.9 Å². The molecule has 2 N–H and O–H groups in total. The van der Waals surface area contributed by atoms with Crippen molar-refractivity contribution in [3.63, 3.8) is 0 Å². The molecule has 6 nitrogen and oxygen atoms in total. The Morgan fingerprint density at radius 3 is 2.53 bits per heavy atom. The van der Waals surface area contributed by atoms with Crippen LogP contribution in [0.4, 0.5) is 13.2 Å². The van der Waals surface area contributed by atoms with Crippen LogP contribution < -0.4 is 5.32 Å². The van der Waals surface area contributed by atoms with Crippen molar-refractivity contribution in [1.29, 1.82) is 0 Å². The number of nitrogens with one attached hydrogen (secondary N) is 1. The molecular formula is C23H32F3N3O3. The van der Waals surface area contributed by atoms with E-state index in [9.17, 15) is 27.9 Å². The van der Waals surface area contributed by atoms with Crippen molar-refractivity contribution in [1.82, 2.24) is 15.1 Å². The number of alkyl halides is 3. The van der Waals surface area contributed by atoms with Crippen molar-refractivity contribution >= 4 is 11.8 Å². The highest BCUT2D eigenvalue weighted by molar-refractivity contribution is 5.96. The number of carbonyl (C=O) groups excluding carboxylic acids is 2. The summed E-state index contributed by atoms with van der Waals surface area (Å²) in [6, 6.07) is 4.81. The fourth-order valence-electron chi connectivity index (χ4n) is 4.86. The lowest BCUT2D eigenvalue weighted by Gasteiger charge is -2.44. The van der Waals surface area contributed by atoms with Gasteiger partial charge in [-0.1, -0.05) is 13.0 Å². The smallest absolute Gasteiger partial charge is 0.393 e. The lowest BCUT2D eigenvalue weighted by molar-refractivity contribution is -0.137. The fraction of sp³-hybridized carbons (Fsp3) is 0.652. The Hall–Kier alpha value is -2.13. The number of halogens is 3. The average Bonchev–Trinajstić information content (AvgIpc) is 2.78. The van der Waals surface area contributed by atoms with Gasteiger partial charge in [0.2, 0.25) is 5.91 Å². The van der Waals surface area contributed by atoms with Crippen LogP contribution in [0.25, 0.3) is 0 Å². The summed E-state index contributed by atoms with van der Waals surface area (Å²) in [5.41, 5.74) is -1.02. The molecule has 1 unspecified atom stereocenters. The van der Waals surface area contributed by atoms with Gasteiger partial charge >= 0.3 is 6.18 Å². The summed E-state index contributed by atoms with van der Waals surface area (Å²) in [4.78, 5) is 29.2. The molecule has 1 heterocycles. The Kier molecular flexibility index (Phi) is 8.16. The summed E-state index contributed by atoms with van der Waals surface area (Å²) >= 11 is 0. The Morgan fingerprint density at radius 2 is 1.88 bits per heavy atom. The van der Waals surface area contributed by atoms with Gasteiger partial charge in [0.15, 0.2) is 0 Å². The molecule has 3 rings (SSSR count). The van der Waals surface area contributed by atoms with Crippen LogP contribution >= 0.6 is 0 Å². The van der Waals surface area contributed by atoms with Gasteiger partial charge in [0.25, 0.3) is 5.91 Å². The van der Waals surface area contributed by atoms with Crippen LogP contribution in [0.3, 0.4) is 0 Å². The molecule has 0 spiro atoms. The molecule has 0 bridgehead atoms. The zero-order valence-corrected chi connectivity index (χ0v) is 18.4. The predicted molar refractivity (Wildman–Crippen MR) is 114 cm³/mol. The van der Waals surface area contributed by atoms with Crippen LogP contribution in [0.1, 0.15) is 61.4 Å². The number of aliphatic hydroxyl groups is 1. The van der Waals surface area contributed by atoms with Gasteiger partial charge in [-0.25, -0.2) is 0 Å². The van der Waals surface area contributed by atoms with E-state index in [4.69, 9.17) is 0 Å². The quantitative estimate of drug-likeness (QED) is 0.692. The van der Waals surface area contributed by atoms with Crippen LogP contribution in [0.2, 0.25) is 0 Å². The lowest BCUT2D eigenvalue weighted by Crippen LogP contribution is -2.54. The van der Waals surface area contributed by atoms with E-state index in [2.05, 4.69) is 17.1 Å².